The second-order valence-electron chi connectivity index (χ2n) is 6.58. The molecule has 1 aliphatic heterocycles. The Balaban J connectivity index is 1.77. The van der Waals surface area contributed by atoms with E-state index in [2.05, 4.69) is 23.2 Å². The van der Waals surface area contributed by atoms with Crippen LogP contribution in [-0.4, -0.2) is 10.9 Å². The summed E-state index contributed by atoms with van der Waals surface area (Å²) in [4.78, 5) is 18.6. The van der Waals surface area contributed by atoms with Gasteiger partial charge in [0.1, 0.15) is 0 Å². The number of amides is 1. The van der Waals surface area contributed by atoms with Crippen LogP contribution in [-0.2, 0) is 24.2 Å². The van der Waals surface area contributed by atoms with Gasteiger partial charge in [0, 0.05) is 29.4 Å². The van der Waals surface area contributed by atoms with E-state index in [4.69, 9.17) is 11.6 Å². The Kier molecular flexibility index (Phi) is 4.48. The second-order valence-corrected chi connectivity index (χ2v) is 7.01. The molecule has 3 nitrogen and oxygen atoms in total. The fraction of sp³-hybridized carbons (Fsp3) is 0.182. The van der Waals surface area contributed by atoms with E-state index in [1.165, 1.54) is 11.1 Å². The van der Waals surface area contributed by atoms with E-state index in [1.54, 1.807) is 6.92 Å². The normalized spacial score (nSPS) is 13.4. The number of nitrogens with zero attached hydrogens (tertiary/aromatic N) is 2. The van der Waals surface area contributed by atoms with Crippen LogP contribution < -0.4 is 4.90 Å². The molecule has 1 aliphatic rings. The van der Waals surface area contributed by atoms with Gasteiger partial charge in [0.05, 0.1) is 12.2 Å². The molecule has 130 valence electrons. The number of rotatable bonds is 1. The molecule has 2 heterocycles. The number of anilines is 1. The van der Waals surface area contributed by atoms with Gasteiger partial charge in [0.15, 0.2) is 0 Å². The van der Waals surface area contributed by atoms with Crippen molar-refractivity contribution in [3.63, 3.8) is 0 Å². The fourth-order valence-electron chi connectivity index (χ4n) is 3.53. The van der Waals surface area contributed by atoms with Crippen LogP contribution >= 0.6 is 11.6 Å². The zero-order chi connectivity index (χ0) is 18.1. The first-order valence-electron chi connectivity index (χ1n) is 8.71. The average Bonchev–Trinajstić information content (AvgIpc) is 2.64. The van der Waals surface area contributed by atoms with Gasteiger partial charge in [-0.25, -0.2) is 0 Å². The highest BCUT2D eigenvalue weighted by Crippen LogP contribution is 2.32. The molecule has 3 aromatic rings. The highest BCUT2D eigenvalue weighted by molar-refractivity contribution is 6.30. The summed E-state index contributed by atoms with van der Waals surface area (Å²) in [5, 5.41) is 0.704. The third kappa shape index (κ3) is 3.23. The van der Waals surface area contributed by atoms with Crippen LogP contribution in [0.1, 0.15) is 23.6 Å². The maximum atomic E-state index is 12.3. The van der Waals surface area contributed by atoms with Gasteiger partial charge in [-0.05, 0) is 65.9 Å². The molecule has 2 aromatic carbocycles. The summed E-state index contributed by atoms with van der Waals surface area (Å²) in [6, 6.07) is 18.1. The monoisotopic (exact) mass is 362 g/mol. The van der Waals surface area contributed by atoms with Crippen molar-refractivity contribution in [2.45, 2.75) is 26.3 Å². The van der Waals surface area contributed by atoms with Crippen molar-refractivity contribution in [2.75, 3.05) is 4.90 Å². The summed E-state index contributed by atoms with van der Waals surface area (Å²) in [6.45, 7) is 2.18. The van der Waals surface area contributed by atoms with Crippen LogP contribution in [0.3, 0.4) is 0 Å². The van der Waals surface area contributed by atoms with Gasteiger partial charge in [-0.15, -0.1) is 0 Å². The van der Waals surface area contributed by atoms with Gasteiger partial charge in [-0.2, -0.15) is 0 Å². The van der Waals surface area contributed by atoms with Crippen LogP contribution in [0.5, 0.6) is 0 Å². The number of carbonyl (C=O) groups excluding carboxylic acids is 1. The van der Waals surface area contributed by atoms with E-state index in [0.29, 0.717) is 11.6 Å². The Morgan fingerprint density at radius 3 is 2.62 bits per heavy atom. The number of benzene rings is 2. The molecule has 0 unspecified atom stereocenters. The lowest BCUT2D eigenvalue weighted by molar-refractivity contribution is -0.116. The molecular weight excluding hydrogens is 344 g/mol. The van der Waals surface area contributed by atoms with E-state index in [1.807, 2.05) is 47.5 Å². The van der Waals surface area contributed by atoms with Gasteiger partial charge in [-0.3, -0.25) is 9.78 Å². The summed E-state index contributed by atoms with van der Waals surface area (Å²) >= 11 is 6.19. The van der Waals surface area contributed by atoms with Crippen LogP contribution in [0.4, 0.5) is 5.69 Å². The average molecular weight is 363 g/mol. The van der Waals surface area contributed by atoms with Crippen molar-refractivity contribution in [1.29, 1.82) is 0 Å². The zero-order valence-corrected chi connectivity index (χ0v) is 15.3. The van der Waals surface area contributed by atoms with Crippen LogP contribution in [0.15, 0.2) is 60.8 Å². The first-order valence-corrected chi connectivity index (χ1v) is 9.09. The van der Waals surface area contributed by atoms with Crippen molar-refractivity contribution in [2.24, 2.45) is 0 Å². The lowest BCUT2D eigenvalue weighted by Gasteiger charge is -2.28. The molecule has 1 amide bonds. The smallest absolute Gasteiger partial charge is 0.224 e. The summed E-state index contributed by atoms with van der Waals surface area (Å²) in [5.41, 5.74) is 6.57. The summed E-state index contributed by atoms with van der Waals surface area (Å²) in [7, 11) is 0. The largest absolute Gasteiger partial charge is 0.308 e. The first-order chi connectivity index (χ1) is 12.6. The van der Waals surface area contributed by atoms with Gasteiger partial charge >= 0.3 is 0 Å². The highest BCUT2D eigenvalue weighted by atomic mass is 35.5. The molecule has 0 bridgehead atoms. The Hall–Kier alpha value is -2.65. The topological polar surface area (TPSA) is 33.2 Å². The summed E-state index contributed by atoms with van der Waals surface area (Å²) in [5.74, 6) is 0.0372. The number of aryl methyl sites for hydroxylation is 2. The highest BCUT2D eigenvalue weighted by Gasteiger charge is 2.21. The van der Waals surface area contributed by atoms with E-state index in [-0.39, 0.29) is 5.91 Å². The first kappa shape index (κ1) is 16.8. The molecule has 4 heteroatoms. The third-order valence-corrected chi connectivity index (χ3v) is 5.11. The number of hydrogen-bond acceptors (Lipinski definition) is 2. The molecule has 1 aromatic heterocycles. The Bertz CT molecular complexity index is 969. The molecule has 0 atom stereocenters. The number of aromatic nitrogens is 1. The molecule has 0 spiro atoms. The molecule has 0 aliphatic carbocycles. The van der Waals surface area contributed by atoms with E-state index in [0.717, 1.165) is 35.3 Å². The summed E-state index contributed by atoms with van der Waals surface area (Å²) < 4.78 is 0. The number of hydrogen-bond donors (Lipinski definition) is 0. The lowest BCUT2D eigenvalue weighted by atomic mass is 9.93. The predicted octanol–water partition coefficient (Wildman–Crippen LogP) is 5.05. The Morgan fingerprint density at radius 2 is 1.85 bits per heavy atom. The maximum absolute atomic E-state index is 12.3. The van der Waals surface area contributed by atoms with Crippen LogP contribution in [0.25, 0.3) is 11.3 Å². The minimum Gasteiger partial charge on any atom is -0.308 e. The van der Waals surface area contributed by atoms with Crippen molar-refractivity contribution in [3.05, 3.63) is 82.5 Å². The minimum absolute atomic E-state index is 0.0372. The molecule has 0 saturated heterocycles. The van der Waals surface area contributed by atoms with Gasteiger partial charge in [0.2, 0.25) is 5.91 Å². The van der Waals surface area contributed by atoms with E-state index < -0.39 is 0 Å². The number of halogens is 1. The Labute approximate surface area is 158 Å². The molecule has 26 heavy (non-hydrogen) atoms. The Morgan fingerprint density at radius 1 is 1.00 bits per heavy atom. The van der Waals surface area contributed by atoms with E-state index in [9.17, 15) is 4.79 Å². The SMILES string of the molecule is CC(=O)N1Cc2ccc(-c3ccccn3)cc2CCc2cc(Cl)ccc21. The second kappa shape index (κ2) is 6.93. The fourth-order valence-corrected chi connectivity index (χ4v) is 3.72. The standard InChI is InChI=1S/C22H19ClN2O/c1-15(26)25-14-19-8-6-17(21-4-2-3-11-24-21)12-16(19)5-7-18-13-20(23)9-10-22(18)25/h2-4,6,8-13H,5,7,14H2,1H3. The van der Waals surface area contributed by atoms with Crippen LogP contribution in [0.2, 0.25) is 5.02 Å². The van der Waals surface area contributed by atoms with E-state index >= 15 is 0 Å². The lowest BCUT2D eigenvalue weighted by Crippen LogP contribution is -2.30. The van der Waals surface area contributed by atoms with Crippen molar-refractivity contribution < 1.29 is 4.79 Å². The molecule has 0 radical (unpaired) electrons. The number of carbonyl (C=O) groups is 1. The number of pyridine rings is 1. The molecule has 0 saturated carbocycles. The van der Waals surface area contributed by atoms with Crippen molar-refractivity contribution in [1.82, 2.24) is 4.98 Å². The van der Waals surface area contributed by atoms with Crippen LogP contribution in [0, 0.1) is 0 Å². The van der Waals surface area contributed by atoms with Crippen molar-refractivity contribution >= 4 is 23.2 Å². The molecule has 4 rings (SSSR count). The molecular formula is C22H19ClN2O. The minimum atomic E-state index is 0.0372. The van der Waals surface area contributed by atoms with Gasteiger partial charge in [-0.1, -0.05) is 29.8 Å². The maximum Gasteiger partial charge on any atom is 0.224 e. The van der Waals surface area contributed by atoms with Gasteiger partial charge < -0.3 is 4.90 Å². The molecule has 0 fully saturated rings. The number of fused-ring (bicyclic) bond motifs is 2. The van der Waals surface area contributed by atoms with Gasteiger partial charge in [0.25, 0.3) is 0 Å². The van der Waals surface area contributed by atoms with Crippen molar-refractivity contribution in [3.8, 4) is 11.3 Å². The quantitative estimate of drug-likeness (QED) is 0.606. The third-order valence-electron chi connectivity index (χ3n) is 4.87. The zero-order valence-electron chi connectivity index (χ0n) is 14.6. The summed E-state index contributed by atoms with van der Waals surface area (Å²) in [6.07, 6.45) is 3.56. The predicted molar refractivity (Wildman–Crippen MR) is 105 cm³/mol. The molecule has 0 N–H and O–H groups in total.